The van der Waals surface area contributed by atoms with Crippen molar-refractivity contribution in [3.8, 4) is 17.2 Å². The van der Waals surface area contributed by atoms with Crippen LogP contribution in [0.5, 0.6) is 17.2 Å². The monoisotopic (exact) mass is 472 g/mol. The Morgan fingerprint density at radius 3 is 2.14 bits per heavy atom. The average Bonchev–Trinajstić information content (AvgIpc) is 2.90. The maximum atomic E-state index is 13.4. The SMILES string of the molecule is COc1ccc(NC(=O)Cn2cc(C(=O)c3ccccc3)c(=O)c3cc(OC)c(OC)cc32)cc1. The molecule has 0 fully saturated rings. The first-order valence-corrected chi connectivity index (χ1v) is 10.8. The molecule has 0 saturated heterocycles. The molecule has 0 aliphatic heterocycles. The highest BCUT2D eigenvalue weighted by molar-refractivity contribution is 6.10. The van der Waals surface area contributed by atoms with Crippen molar-refractivity contribution in [3.63, 3.8) is 0 Å². The summed E-state index contributed by atoms with van der Waals surface area (Å²) in [5.41, 5.74) is 0.886. The van der Waals surface area contributed by atoms with E-state index in [1.165, 1.54) is 26.5 Å². The summed E-state index contributed by atoms with van der Waals surface area (Å²) in [6.45, 7) is -0.145. The Hall–Kier alpha value is -4.59. The second kappa shape index (κ2) is 10.1. The maximum Gasteiger partial charge on any atom is 0.244 e. The molecule has 0 unspecified atom stereocenters. The number of ether oxygens (including phenoxy) is 3. The van der Waals surface area contributed by atoms with Crippen molar-refractivity contribution < 1.29 is 23.8 Å². The summed E-state index contributed by atoms with van der Waals surface area (Å²) in [5.74, 6) is 0.630. The lowest BCUT2D eigenvalue weighted by atomic mass is 10.0. The van der Waals surface area contributed by atoms with Crippen LogP contribution in [0.3, 0.4) is 0 Å². The molecular formula is C27H24N2O6. The zero-order valence-corrected chi connectivity index (χ0v) is 19.5. The summed E-state index contributed by atoms with van der Waals surface area (Å²) in [5, 5.41) is 3.06. The Morgan fingerprint density at radius 2 is 1.51 bits per heavy atom. The molecule has 0 atom stereocenters. The molecule has 0 spiro atoms. The molecule has 1 amide bonds. The van der Waals surface area contributed by atoms with E-state index in [0.29, 0.717) is 34.0 Å². The van der Waals surface area contributed by atoms with Crippen LogP contribution >= 0.6 is 0 Å². The number of methoxy groups -OCH3 is 3. The van der Waals surface area contributed by atoms with Crippen LogP contribution < -0.4 is 25.0 Å². The van der Waals surface area contributed by atoms with Crippen molar-refractivity contribution in [2.45, 2.75) is 6.54 Å². The Labute approximate surface area is 201 Å². The molecule has 35 heavy (non-hydrogen) atoms. The van der Waals surface area contributed by atoms with Crippen molar-refractivity contribution in [2.24, 2.45) is 0 Å². The van der Waals surface area contributed by atoms with E-state index in [4.69, 9.17) is 14.2 Å². The highest BCUT2D eigenvalue weighted by Crippen LogP contribution is 2.31. The van der Waals surface area contributed by atoms with Gasteiger partial charge in [-0.15, -0.1) is 0 Å². The van der Waals surface area contributed by atoms with Gasteiger partial charge in [-0.25, -0.2) is 0 Å². The quantitative estimate of drug-likeness (QED) is 0.391. The summed E-state index contributed by atoms with van der Waals surface area (Å²) >= 11 is 0. The van der Waals surface area contributed by atoms with Crippen LogP contribution in [-0.2, 0) is 11.3 Å². The largest absolute Gasteiger partial charge is 0.497 e. The van der Waals surface area contributed by atoms with Crippen molar-refractivity contribution in [2.75, 3.05) is 26.6 Å². The zero-order valence-electron chi connectivity index (χ0n) is 19.5. The number of ketones is 1. The number of hydrogen-bond acceptors (Lipinski definition) is 6. The minimum absolute atomic E-state index is 0.0480. The highest BCUT2D eigenvalue weighted by atomic mass is 16.5. The molecule has 0 aliphatic carbocycles. The van der Waals surface area contributed by atoms with Crippen LogP contribution in [0, 0.1) is 0 Å². The van der Waals surface area contributed by atoms with Crippen LogP contribution in [0.25, 0.3) is 10.9 Å². The van der Waals surface area contributed by atoms with Crippen LogP contribution in [0.4, 0.5) is 5.69 Å². The van der Waals surface area contributed by atoms with Crippen LogP contribution in [0.1, 0.15) is 15.9 Å². The van der Waals surface area contributed by atoms with Gasteiger partial charge in [-0.2, -0.15) is 0 Å². The molecule has 4 aromatic rings. The van der Waals surface area contributed by atoms with Gasteiger partial charge < -0.3 is 24.1 Å². The lowest BCUT2D eigenvalue weighted by Crippen LogP contribution is -2.24. The number of nitrogens with one attached hydrogen (secondary N) is 1. The van der Waals surface area contributed by atoms with Gasteiger partial charge in [0.25, 0.3) is 0 Å². The van der Waals surface area contributed by atoms with E-state index in [1.807, 2.05) is 0 Å². The maximum absolute atomic E-state index is 13.4. The van der Waals surface area contributed by atoms with Gasteiger partial charge in [-0.1, -0.05) is 30.3 Å². The first-order chi connectivity index (χ1) is 16.9. The summed E-state index contributed by atoms with van der Waals surface area (Å²) in [6, 6.07) is 18.6. The molecule has 8 heteroatoms. The van der Waals surface area contributed by atoms with E-state index < -0.39 is 11.2 Å². The number of hydrogen-bond donors (Lipinski definition) is 1. The molecule has 3 aromatic carbocycles. The first-order valence-electron chi connectivity index (χ1n) is 10.8. The van der Waals surface area contributed by atoms with Gasteiger partial charge >= 0.3 is 0 Å². The minimum Gasteiger partial charge on any atom is -0.497 e. The van der Waals surface area contributed by atoms with Gasteiger partial charge in [-0.05, 0) is 30.3 Å². The van der Waals surface area contributed by atoms with Gasteiger partial charge in [0.15, 0.2) is 17.3 Å². The van der Waals surface area contributed by atoms with Crippen molar-refractivity contribution in [1.82, 2.24) is 4.57 Å². The molecule has 1 heterocycles. The van der Waals surface area contributed by atoms with Crippen molar-refractivity contribution in [3.05, 3.63) is 94.3 Å². The van der Waals surface area contributed by atoms with E-state index >= 15 is 0 Å². The Balaban J connectivity index is 1.80. The van der Waals surface area contributed by atoms with Crippen molar-refractivity contribution >= 4 is 28.3 Å². The predicted octanol–water partition coefficient (Wildman–Crippen LogP) is 3.90. The number of carbonyl (C=O) groups excluding carboxylic acids is 2. The van der Waals surface area contributed by atoms with Gasteiger partial charge in [0.1, 0.15) is 12.3 Å². The van der Waals surface area contributed by atoms with E-state index in [0.717, 1.165) is 0 Å². The standard InChI is InChI=1S/C27H24N2O6/c1-33-19-11-9-18(10-12-19)28-25(30)16-29-15-21(26(31)17-7-5-4-6-8-17)27(32)20-13-23(34-2)24(35-3)14-22(20)29/h4-15H,16H2,1-3H3,(H,28,30). The Kier molecular flexibility index (Phi) is 6.82. The highest BCUT2D eigenvalue weighted by Gasteiger charge is 2.20. The number of rotatable bonds is 8. The number of amides is 1. The number of pyridine rings is 1. The number of anilines is 1. The lowest BCUT2D eigenvalue weighted by Gasteiger charge is -2.16. The Bertz CT molecular complexity index is 1440. The number of aromatic nitrogens is 1. The summed E-state index contributed by atoms with van der Waals surface area (Å²) in [6.07, 6.45) is 1.42. The van der Waals surface area contributed by atoms with Crippen LogP contribution in [-0.4, -0.2) is 37.6 Å². The van der Waals surface area contributed by atoms with E-state index in [1.54, 1.807) is 72.3 Å². The molecule has 0 aliphatic rings. The smallest absolute Gasteiger partial charge is 0.244 e. The molecule has 0 saturated carbocycles. The number of fused-ring (bicyclic) bond motifs is 1. The predicted molar refractivity (Wildman–Crippen MR) is 133 cm³/mol. The Morgan fingerprint density at radius 1 is 0.857 bits per heavy atom. The van der Waals surface area contributed by atoms with E-state index in [2.05, 4.69) is 5.32 Å². The fourth-order valence-electron chi connectivity index (χ4n) is 3.78. The number of benzene rings is 3. The molecule has 1 aromatic heterocycles. The molecular weight excluding hydrogens is 448 g/mol. The fourth-order valence-corrected chi connectivity index (χ4v) is 3.78. The van der Waals surface area contributed by atoms with E-state index in [-0.39, 0.29) is 23.4 Å². The van der Waals surface area contributed by atoms with E-state index in [9.17, 15) is 14.4 Å². The molecule has 8 nitrogen and oxygen atoms in total. The molecule has 178 valence electrons. The van der Waals surface area contributed by atoms with Gasteiger partial charge in [0, 0.05) is 23.5 Å². The van der Waals surface area contributed by atoms with Gasteiger partial charge in [-0.3, -0.25) is 14.4 Å². The third-order valence-corrected chi connectivity index (χ3v) is 5.55. The molecule has 4 rings (SSSR count). The second-order valence-corrected chi connectivity index (χ2v) is 7.70. The lowest BCUT2D eigenvalue weighted by molar-refractivity contribution is -0.116. The van der Waals surface area contributed by atoms with Crippen molar-refractivity contribution in [1.29, 1.82) is 0 Å². The number of nitrogens with zero attached hydrogens (tertiary/aromatic N) is 1. The molecule has 0 radical (unpaired) electrons. The molecule has 1 N–H and O–H groups in total. The molecule has 0 bridgehead atoms. The normalized spacial score (nSPS) is 10.6. The average molecular weight is 472 g/mol. The van der Waals surface area contributed by atoms with Gasteiger partial charge in [0.05, 0.1) is 37.8 Å². The minimum atomic E-state index is -0.457. The third-order valence-electron chi connectivity index (χ3n) is 5.55. The number of carbonyl (C=O) groups is 2. The third kappa shape index (κ3) is 4.86. The summed E-state index contributed by atoms with van der Waals surface area (Å²) < 4.78 is 17.4. The zero-order chi connectivity index (χ0) is 24.9. The van der Waals surface area contributed by atoms with Crippen LogP contribution in [0.2, 0.25) is 0 Å². The fraction of sp³-hybridized carbons (Fsp3) is 0.148. The van der Waals surface area contributed by atoms with Gasteiger partial charge in [0.2, 0.25) is 11.3 Å². The topological polar surface area (TPSA) is 95.9 Å². The summed E-state index contributed by atoms with van der Waals surface area (Å²) in [4.78, 5) is 39.5. The summed E-state index contributed by atoms with van der Waals surface area (Å²) in [7, 11) is 4.51. The second-order valence-electron chi connectivity index (χ2n) is 7.70. The first kappa shape index (κ1) is 23.6. The van der Waals surface area contributed by atoms with Crippen LogP contribution in [0.15, 0.2) is 77.7 Å².